The molecule has 1 aliphatic carbocycles. The van der Waals surface area contributed by atoms with Gasteiger partial charge in [0, 0.05) is 19.4 Å². The Morgan fingerprint density at radius 1 is 1.17 bits per heavy atom. The third kappa shape index (κ3) is 2.74. The van der Waals surface area contributed by atoms with Gasteiger partial charge < -0.3 is 5.73 Å². The van der Waals surface area contributed by atoms with E-state index in [-0.39, 0.29) is 23.8 Å². The lowest BCUT2D eigenvalue weighted by Crippen LogP contribution is -2.54. The largest absolute Gasteiger partial charge is 0.328 e. The Bertz CT molecular complexity index is 306. The van der Waals surface area contributed by atoms with E-state index in [0.29, 0.717) is 25.3 Å². The van der Waals surface area contributed by atoms with E-state index in [4.69, 9.17) is 5.73 Å². The van der Waals surface area contributed by atoms with Crippen LogP contribution in [-0.4, -0.2) is 29.3 Å². The summed E-state index contributed by atoms with van der Waals surface area (Å²) in [6.45, 7) is 2.38. The molecule has 2 aliphatic rings. The molecule has 0 aromatic carbocycles. The van der Waals surface area contributed by atoms with Gasteiger partial charge in [0.25, 0.3) is 0 Å². The molecule has 1 atom stereocenters. The molecule has 1 saturated heterocycles. The van der Waals surface area contributed by atoms with Crippen LogP contribution in [0.4, 0.5) is 0 Å². The van der Waals surface area contributed by atoms with Crippen molar-refractivity contribution in [2.24, 2.45) is 17.6 Å². The van der Waals surface area contributed by atoms with E-state index in [1.807, 2.05) is 6.92 Å². The molecule has 1 saturated carbocycles. The summed E-state index contributed by atoms with van der Waals surface area (Å²) in [5, 5.41) is 0. The first-order chi connectivity index (χ1) is 8.63. The molecular weight excluding hydrogens is 228 g/mol. The van der Waals surface area contributed by atoms with Crippen LogP contribution < -0.4 is 5.73 Å². The number of imide groups is 1. The first-order valence-electron chi connectivity index (χ1n) is 7.18. The number of hydrogen-bond donors (Lipinski definition) is 1. The first-order valence-corrected chi connectivity index (χ1v) is 7.18. The summed E-state index contributed by atoms with van der Waals surface area (Å²) in [6, 6.07) is -0.0576. The lowest BCUT2D eigenvalue weighted by molar-refractivity contribution is -0.154. The van der Waals surface area contributed by atoms with Gasteiger partial charge in [-0.05, 0) is 24.7 Å². The van der Waals surface area contributed by atoms with Crippen LogP contribution in [-0.2, 0) is 9.59 Å². The SMILES string of the molecule is CC1CC(=O)N(C(CN)C2CCCCC2)C(=O)C1. The van der Waals surface area contributed by atoms with Crippen molar-refractivity contribution in [1.82, 2.24) is 4.90 Å². The maximum atomic E-state index is 12.1. The molecule has 1 aliphatic heterocycles. The highest BCUT2D eigenvalue weighted by molar-refractivity contribution is 5.98. The molecule has 2 amide bonds. The minimum Gasteiger partial charge on any atom is -0.328 e. The van der Waals surface area contributed by atoms with Crippen molar-refractivity contribution >= 4 is 11.8 Å². The number of likely N-dealkylation sites (tertiary alicyclic amines) is 1. The smallest absolute Gasteiger partial charge is 0.229 e. The van der Waals surface area contributed by atoms with Crippen LogP contribution in [0.25, 0.3) is 0 Å². The number of rotatable bonds is 3. The fraction of sp³-hybridized carbons (Fsp3) is 0.857. The highest BCUT2D eigenvalue weighted by Gasteiger charge is 2.38. The Kier molecular flexibility index (Phi) is 4.38. The molecule has 1 unspecified atom stereocenters. The molecule has 0 spiro atoms. The van der Waals surface area contributed by atoms with Gasteiger partial charge in [-0.2, -0.15) is 0 Å². The number of amides is 2. The molecule has 4 heteroatoms. The summed E-state index contributed by atoms with van der Waals surface area (Å²) in [6.07, 6.45) is 6.88. The van der Waals surface area contributed by atoms with Crippen LogP contribution in [0.1, 0.15) is 51.9 Å². The Labute approximate surface area is 109 Å². The summed E-state index contributed by atoms with van der Waals surface area (Å²) in [5.74, 6) is 0.579. The number of carbonyl (C=O) groups is 2. The third-order valence-electron chi connectivity index (χ3n) is 4.35. The molecule has 0 bridgehead atoms. The first kappa shape index (κ1) is 13.5. The number of carbonyl (C=O) groups excluding carboxylic acids is 2. The second-order valence-electron chi connectivity index (χ2n) is 5.87. The van der Waals surface area contributed by atoms with Gasteiger partial charge in [0.1, 0.15) is 0 Å². The molecular formula is C14H24N2O2. The third-order valence-corrected chi connectivity index (χ3v) is 4.35. The van der Waals surface area contributed by atoms with E-state index < -0.39 is 0 Å². The molecule has 4 nitrogen and oxygen atoms in total. The average Bonchev–Trinajstić information content (AvgIpc) is 2.34. The summed E-state index contributed by atoms with van der Waals surface area (Å²) < 4.78 is 0. The Hall–Kier alpha value is -0.900. The maximum absolute atomic E-state index is 12.1. The van der Waals surface area contributed by atoms with E-state index >= 15 is 0 Å². The predicted octanol–water partition coefficient (Wildman–Crippen LogP) is 1.68. The topological polar surface area (TPSA) is 63.4 Å². The molecule has 2 rings (SSSR count). The molecule has 2 N–H and O–H groups in total. The van der Waals surface area contributed by atoms with Crippen molar-refractivity contribution in [2.75, 3.05) is 6.54 Å². The standard InChI is InChI=1S/C14H24N2O2/c1-10-7-13(17)16(14(18)8-10)12(9-15)11-5-3-2-4-6-11/h10-12H,2-9,15H2,1H3. The lowest BCUT2D eigenvalue weighted by Gasteiger charge is -2.39. The van der Waals surface area contributed by atoms with E-state index in [1.165, 1.54) is 24.2 Å². The number of nitrogens with two attached hydrogens (primary N) is 1. The summed E-state index contributed by atoms with van der Waals surface area (Å²) in [7, 11) is 0. The fourth-order valence-electron chi connectivity index (χ4n) is 3.40. The molecule has 1 heterocycles. The zero-order valence-electron chi connectivity index (χ0n) is 11.2. The van der Waals surface area contributed by atoms with Crippen LogP contribution in [0, 0.1) is 11.8 Å². The van der Waals surface area contributed by atoms with Crippen LogP contribution in [0.3, 0.4) is 0 Å². The highest BCUT2D eigenvalue weighted by Crippen LogP contribution is 2.31. The van der Waals surface area contributed by atoms with E-state index in [2.05, 4.69) is 0 Å². The maximum Gasteiger partial charge on any atom is 0.229 e. The van der Waals surface area contributed by atoms with Gasteiger partial charge in [-0.15, -0.1) is 0 Å². The van der Waals surface area contributed by atoms with Gasteiger partial charge in [0.15, 0.2) is 0 Å². The van der Waals surface area contributed by atoms with Crippen LogP contribution in [0.15, 0.2) is 0 Å². The number of hydrogen-bond acceptors (Lipinski definition) is 3. The Balaban J connectivity index is 2.10. The lowest BCUT2D eigenvalue weighted by atomic mass is 9.82. The molecule has 102 valence electrons. The van der Waals surface area contributed by atoms with Crippen LogP contribution >= 0.6 is 0 Å². The fourth-order valence-corrected chi connectivity index (χ4v) is 3.40. The predicted molar refractivity (Wildman–Crippen MR) is 69.7 cm³/mol. The monoisotopic (exact) mass is 252 g/mol. The summed E-state index contributed by atoms with van der Waals surface area (Å²) >= 11 is 0. The highest BCUT2D eigenvalue weighted by atomic mass is 16.2. The van der Waals surface area contributed by atoms with Gasteiger partial charge in [-0.3, -0.25) is 14.5 Å². The van der Waals surface area contributed by atoms with Gasteiger partial charge in [0.2, 0.25) is 11.8 Å². The summed E-state index contributed by atoms with van der Waals surface area (Å²) in [5.41, 5.74) is 5.85. The zero-order chi connectivity index (χ0) is 13.1. The minimum absolute atomic E-state index is 0.0141. The normalized spacial score (nSPS) is 25.6. The molecule has 0 aromatic rings. The molecule has 0 radical (unpaired) electrons. The van der Waals surface area contributed by atoms with Gasteiger partial charge in [0.05, 0.1) is 6.04 Å². The van der Waals surface area contributed by atoms with E-state index in [0.717, 1.165) is 12.8 Å². The van der Waals surface area contributed by atoms with E-state index in [9.17, 15) is 9.59 Å². The minimum atomic E-state index is -0.0576. The van der Waals surface area contributed by atoms with Crippen molar-refractivity contribution in [3.05, 3.63) is 0 Å². The van der Waals surface area contributed by atoms with Crippen molar-refractivity contribution in [3.8, 4) is 0 Å². The van der Waals surface area contributed by atoms with Crippen molar-refractivity contribution in [2.45, 2.75) is 57.9 Å². The van der Waals surface area contributed by atoms with Gasteiger partial charge in [-0.25, -0.2) is 0 Å². The molecule has 2 fully saturated rings. The van der Waals surface area contributed by atoms with Crippen LogP contribution in [0.2, 0.25) is 0 Å². The van der Waals surface area contributed by atoms with Crippen molar-refractivity contribution in [3.63, 3.8) is 0 Å². The Morgan fingerprint density at radius 2 is 1.72 bits per heavy atom. The second-order valence-corrected chi connectivity index (χ2v) is 5.87. The molecule has 0 aromatic heterocycles. The van der Waals surface area contributed by atoms with Crippen molar-refractivity contribution < 1.29 is 9.59 Å². The van der Waals surface area contributed by atoms with Gasteiger partial charge in [-0.1, -0.05) is 26.2 Å². The quantitative estimate of drug-likeness (QED) is 0.777. The van der Waals surface area contributed by atoms with Crippen molar-refractivity contribution in [1.29, 1.82) is 0 Å². The van der Waals surface area contributed by atoms with Gasteiger partial charge >= 0.3 is 0 Å². The summed E-state index contributed by atoms with van der Waals surface area (Å²) in [4.78, 5) is 25.7. The number of nitrogens with zero attached hydrogens (tertiary/aromatic N) is 1. The Morgan fingerprint density at radius 3 is 2.22 bits per heavy atom. The zero-order valence-corrected chi connectivity index (χ0v) is 11.2. The second kappa shape index (κ2) is 5.83. The number of piperidine rings is 1. The van der Waals surface area contributed by atoms with Crippen LogP contribution in [0.5, 0.6) is 0 Å². The average molecular weight is 252 g/mol. The molecule has 18 heavy (non-hydrogen) atoms. The van der Waals surface area contributed by atoms with E-state index in [1.54, 1.807) is 0 Å².